The van der Waals surface area contributed by atoms with Crippen LogP contribution in [-0.2, 0) is 8.85 Å². The van der Waals surface area contributed by atoms with E-state index in [-0.39, 0.29) is 23.3 Å². The summed E-state index contributed by atoms with van der Waals surface area (Å²) in [6.45, 7) is 13.7. The van der Waals surface area contributed by atoms with Crippen molar-refractivity contribution in [2.75, 3.05) is 13.2 Å². The number of nitrogens with one attached hydrogen (secondary N) is 1. The van der Waals surface area contributed by atoms with Gasteiger partial charge in [0.25, 0.3) is 16.6 Å². The number of hydrogen-bond acceptors (Lipinski definition) is 3. The second-order valence-electron chi connectivity index (χ2n) is 13.1. The zero-order valence-electron chi connectivity index (χ0n) is 26.2. The maximum Gasteiger partial charge on any atom is 0.405 e. The van der Waals surface area contributed by atoms with Crippen LogP contribution in [-0.4, -0.2) is 47.1 Å². The van der Waals surface area contributed by atoms with E-state index in [0.717, 1.165) is 20.7 Å². The SMILES string of the molecule is CC(C)(C)[Si](OCC(CO[Si](c1ccccc1)(c1ccccc1)C(C)(C)C)NC(=O)O)(c1ccccc1)c1ccccc1. The highest BCUT2D eigenvalue weighted by atomic mass is 28.4. The van der Waals surface area contributed by atoms with Crippen molar-refractivity contribution >= 4 is 43.5 Å². The van der Waals surface area contributed by atoms with E-state index in [1.807, 2.05) is 72.8 Å². The fraction of sp³-hybridized carbons (Fsp3) is 0.306. The lowest BCUT2D eigenvalue weighted by Crippen LogP contribution is -2.69. The molecule has 43 heavy (non-hydrogen) atoms. The number of rotatable bonds is 11. The van der Waals surface area contributed by atoms with E-state index in [4.69, 9.17) is 8.85 Å². The fourth-order valence-corrected chi connectivity index (χ4v) is 15.5. The predicted molar refractivity (Wildman–Crippen MR) is 182 cm³/mol. The molecule has 0 bridgehead atoms. The molecular formula is C36H45NO4Si2. The molecule has 0 unspecified atom stereocenters. The Morgan fingerprint density at radius 2 is 0.837 bits per heavy atom. The summed E-state index contributed by atoms with van der Waals surface area (Å²) < 4.78 is 14.3. The topological polar surface area (TPSA) is 67.8 Å². The third-order valence-corrected chi connectivity index (χ3v) is 18.2. The number of hydrogen-bond donors (Lipinski definition) is 2. The molecule has 0 saturated heterocycles. The first-order chi connectivity index (χ1) is 20.4. The van der Waals surface area contributed by atoms with Crippen LogP contribution in [0.2, 0.25) is 10.1 Å². The molecule has 7 heteroatoms. The molecule has 2 N–H and O–H groups in total. The first-order valence-corrected chi connectivity index (χ1v) is 18.7. The Morgan fingerprint density at radius 3 is 1.05 bits per heavy atom. The summed E-state index contributed by atoms with van der Waals surface area (Å²) in [5, 5.41) is 16.8. The highest BCUT2D eigenvalue weighted by Crippen LogP contribution is 2.38. The summed E-state index contributed by atoms with van der Waals surface area (Å²) in [5.41, 5.74) is 0. The van der Waals surface area contributed by atoms with Gasteiger partial charge in [0.2, 0.25) is 0 Å². The summed E-state index contributed by atoms with van der Waals surface area (Å²) in [5.74, 6) is 0. The summed E-state index contributed by atoms with van der Waals surface area (Å²) >= 11 is 0. The van der Waals surface area contributed by atoms with Crippen LogP contribution in [0.5, 0.6) is 0 Å². The molecule has 0 fully saturated rings. The van der Waals surface area contributed by atoms with Crippen LogP contribution in [0.25, 0.3) is 0 Å². The molecule has 0 atom stereocenters. The average Bonchev–Trinajstić information content (AvgIpc) is 2.98. The number of carboxylic acid groups (broad SMARTS) is 1. The van der Waals surface area contributed by atoms with E-state index < -0.39 is 28.8 Å². The monoisotopic (exact) mass is 611 g/mol. The Bertz CT molecular complexity index is 1250. The van der Waals surface area contributed by atoms with E-state index >= 15 is 0 Å². The van der Waals surface area contributed by atoms with Gasteiger partial charge in [0, 0.05) is 0 Å². The van der Waals surface area contributed by atoms with Crippen molar-refractivity contribution < 1.29 is 18.8 Å². The molecule has 0 aliphatic heterocycles. The molecule has 4 aromatic carbocycles. The van der Waals surface area contributed by atoms with E-state index in [9.17, 15) is 9.90 Å². The molecule has 4 aromatic rings. The second-order valence-corrected chi connectivity index (χ2v) is 21.7. The highest BCUT2D eigenvalue weighted by molar-refractivity contribution is 7.00. The van der Waals surface area contributed by atoms with Crippen LogP contribution in [0.1, 0.15) is 41.5 Å². The fourth-order valence-electron chi connectivity index (χ4n) is 6.28. The lowest BCUT2D eigenvalue weighted by Gasteiger charge is -2.45. The zero-order chi connectivity index (χ0) is 31.1. The van der Waals surface area contributed by atoms with Crippen LogP contribution < -0.4 is 26.1 Å². The Balaban J connectivity index is 1.76. The van der Waals surface area contributed by atoms with Gasteiger partial charge in [-0.25, -0.2) is 4.79 Å². The number of carbonyl (C=O) groups is 1. The first kappa shape index (κ1) is 32.4. The molecule has 0 aliphatic rings. The van der Waals surface area contributed by atoms with Crippen LogP contribution in [0.4, 0.5) is 4.79 Å². The Hall–Kier alpha value is -3.50. The van der Waals surface area contributed by atoms with Gasteiger partial charge in [0.05, 0.1) is 19.3 Å². The maximum atomic E-state index is 12.1. The van der Waals surface area contributed by atoms with E-state index in [2.05, 4.69) is 95.4 Å². The smallest absolute Gasteiger partial charge is 0.405 e. The molecule has 0 spiro atoms. The summed E-state index contributed by atoms with van der Waals surface area (Å²) in [7, 11) is -5.76. The molecule has 0 aliphatic carbocycles. The molecule has 0 radical (unpaired) electrons. The minimum Gasteiger partial charge on any atom is -0.465 e. The van der Waals surface area contributed by atoms with Crippen molar-refractivity contribution in [3.8, 4) is 0 Å². The van der Waals surface area contributed by atoms with Crippen molar-refractivity contribution in [2.24, 2.45) is 0 Å². The summed E-state index contributed by atoms with van der Waals surface area (Å²) in [6, 6.07) is 41.0. The van der Waals surface area contributed by atoms with Crippen molar-refractivity contribution in [1.82, 2.24) is 5.32 Å². The van der Waals surface area contributed by atoms with Crippen LogP contribution in [0.3, 0.4) is 0 Å². The average molecular weight is 612 g/mol. The molecule has 0 aromatic heterocycles. The van der Waals surface area contributed by atoms with Gasteiger partial charge in [-0.1, -0.05) is 163 Å². The minimum absolute atomic E-state index is 0.178. The van der Waals surface area contributed by atoms with Crippen molar-refractivity contribution in [2.45, 2.75) is 57.7 Å². The van der Waals surface area contributed by atoms with Gasteiger partial charge in [0.1, 0.15) is 0 Å². The first-order valence-electron chi connectivity index (χ1n) is 14.9. The normalized spacial score (nSPS) is 12.7. The van der Waals surface area contributed by atoms with E-state index in [0.29, 0.717) is 0 Å². The largest absolute Gasteiger partial charge is 0.465 e. The van der Waals surface area contributed by atoms with Gasteiger partial charge in [-0.05, 0) is 30.8 Å². The standard InChI is InChI=1S/C36H45NO4Si2/c1-35(2,3)42(30-19-11-7-12-20-30,31-21-13-8-14-22-31)40-27-29(37-34(38)39)28-41-43(36(4,5)6,32-23-15-9-16-24-32)33-25-17-10-18-26-33/h7-26,29,37H,27-28H2,1-6H3,(H,38,39). The summed E-state index contributed by atoms with van der Waals surface area (Å²) in [4.78, 5) is 12.1. The third kappa shape index (κ3) is 6.86. The van der Waals surface area contributed by atoms with Crippen molar-refractivity contribution in [1.29, 1.82) is 0 Å². The van der Waals surface area contributed by atoms with E-state index in [1.54, 1.807) is 0 Å². The van der Waals surface area contributed by atoms with Gasteiger partial charge in [-0.2, -0.15) is 0 Å². The molecule has 5 nitrogen and oxygen atoms in total. The van der Waals surface area contributed by atoms with Crippen molar-refractivity contribution in [3.05, 3.63) is 121 Å². The maximum absolute atomic E-state index is 12.1. The Labute approximate surface area is 259 Å². The molecule has 4 rings (SSSR count). The van der Waals surface area contributed by atoms with Gasteiger partial charge in [0.15, 0.2) is 0 Å². The minimum atomic E-state index is -2.88. The van der Waals surface area contributed by atoms with E-state index in [1.165, 1.54) is 0 Å². The zero-order valence-corrected chi connectivity index (χ0v) is 28.2. The number of benzene rings is 4. The quantitative estimate of drug-likeness (QED) is 0.211. The molecule has 0 saturated carbocycles. The second kappa shape index (κ2) is 13.4. The van der Waals surface area contributed by atoms with Crippen LogP contribution in [0, 0.1) is 0 Å². The molecule has 226 valence electrons. The van der Waals surface area contributed by atoms with Gasteiger partial charge < -0.3 is 19.3 Å². The highest BCUT2D eigenvalue weighted by Gasteiger charge is 2.52. The summed E-state index contributed by atoms with van der Waals surface area (Å²) in [6.07, 6.45) is -1.10. The van der Waals surface area contributed by atoms with Crippen LogP contribution in [0.15, 0.2) is 121 Å². The molecule has 1 amide bonds. The van der Waals surface area contributed by atoms with Gasteiger partial charge in [-0.15, -0.1) is 0 Å². The predicted octanol–water partition coefficient (Wildman–Crippen LogP) is 5.78. The molecule has 0 heterocycles. The lowest BCUT2D eigenvalue weighted by atomic mass is 10.2. The van der Waals surface area contributed by atoms with Crippen molar-refractivity contribution in [3.63, 3.8) is 0 Å². The number of amides is 1. The third-order valence-electron chi connectivity index (χ3n) is 8.16. The van der Waals surface area contributed by atoms with Gasteiger partial charge >= 0.3 is 6.09 Å². The van der Waals surface area contributed by atoms with Gasteiger partial charge in [-0.3, -0.25) is 0 Å². The van der Waals surface area contributed by atoms with Crippen LogP contribution >= 0.6 is 0 Å². The Morgan fingerprint density at radius 1 is 0.581 bits per heavy atom. The Kier molecular flexibility index (Phi) is 10.1. The lowest BCUT2D eigenvalue weighted by molar-refractivity contribution is 0.157. The molecular weight excluding hydrogens is 567 g/mol.